The number of sulfonamides is 1. The number of phenols is 1. The van der Waals surface area contributed by atoms with Crippen molar-refractivity contribution < 1.29 is 23.1 Å². The van der Waals surface area contributed by atoms with E-state index < -0.39 is 10.0 Å². The molecule has 10 heteroatoms. The summed E-state index contributed by atoms with van der Waals surface area (Å²) in [7, 11) is -3.66. The Balaban J connectivity index is 1.58. The summed E-state index contributed by atoms with van der Waals surface area (Å²) in [6.07, 6.45) is 1.01. The molecule has 0 aromatic heterocycles. The van der Waals surface area contributed by atoms with Crippen LogP contribution in [0, 0.1) is 0 Å². The third-order valence-electron chi connectivity index (χ3n) is 6.02. The van der Waals surface area contributed by atoms with Gasteiger partial charge in [0.25, 0.3) is 0 Å². The van der Waals surface area contributed by atoms with Crippen molar-refractivity contribution >= 4 is 27.6 Å². The first-order valence-electron chi connectivity index (χ1n) is 11.4. The molecule has 1 heterocycles. The minimum Gasteiger partial charge on any atom is -0.508 e. The van der Waals surface area contributed by atoms with E-state index in [1.165, 1.54) is 23.4 Å². The molecule has 1 fully saturated rings. The van der Waals surface area contributed by atoms with Gasteiger partial charge in [-0.2, -0.15) is 4.31 Å². The van der Waals surface area contributed by atoms with Crippen molar-refractivity contribution in [2.75, 3.05) is 25.0 Å². The molecule has 1 aliphatic heterocycles. The van der Waals surface area contributed by atoms with Crippen LogP contribution in [0.2, 0.25) is 0 Å². The maximum atomic E-state index is 13.0. The van der Waals surface area contributed by atoms with Crippen LogP contribution in [-0.4, -0.2) is 60.3 Å². The predicted molar refractivity (Wildman–Crippen MR) is 130 cm³/mol. The van der Waals surface area contributed by atoms with Gasteiger partial charge in [-0.3, -0.25) is 4.79 Å². The summed E-state index contributed by atoms with van der Waals surface area (Å²) < 4.78 is 27.4. The Kier molecular flexibility index (Phi) is 8.16. The first-order valence-corrected chi connectivity index (χ1v) is 12.8. The number of urea groups is 1. The Morgan fingerprint density at radius 3 is 2.35 bits per heavy atom. The third kappa shape index (κ3) is 6.06. The van der Waals surface area contributed by atoms with Crippen LogP contribution in [0.3, 0.4) is 0 Å². The minimum atomic E-state index is -3.66. The summed E-state index contributed by atoms with van der Waals surface area (Å²) in [6.45, 7) is 6.28. The average Bonchev–Trinajstić information content (AvgIpc) is 2.80. The molecular weight excluding hydrogens is 456 g/mol. The van der Waals surface area contributed by atoms with Crippen LogP contribution in [-0.2, 0) is 14.8 Å². The number of rotatable bonds is 7. The number of anilines is 1. The molecule has 3 rings (SSSR count). The third-order valence-corrected chi connectivity index (χ3v) is 7.93. The molecule has 3 amide bonds. The number of nitrogens with zero attached hydrogens (tertiary/aromatic N) is 2. The SMILES string of the molecule is CCN(C(=O)NC1CCN(S(=O)(=O)c2ccc(NC(C)=O)cc2)CC1)[C@@H](C)c1cccc(O)c1. The number of hydrogen-bond donors (Lipinski definition) is 3. The first-order chi connectivity index (χ1) is 16.1. The van der Waals surface area contributed by atoms with Gasteiger partial charge in [0.15, 0.2) is 0 Å². The quantitative estimate of drug-likeness (QED) is 0.553. The minimum absolute atomic E-state index is 0.133. The van der Waals surface area contributed by atoms with Crippen LogP contribution in [0.25, 0.3) is 0 Å². The summed E-state index contributed by atoms with van der Waals surface area (Å²) >= 11 is 0. The average molecular weight is 489 g/mol. The largest absolute Gasteiger partial charge is 0.508 e. The molecule has 1 saturated heterocycles. The number of carbonyl (C=O) groups is 2. The van der Waals surface area contributed by atoms with Crippen LogP contribution >= 0.6 is 0 Å². The highest BCUT2D eigenvalue weighted by molar-refractivity contribution is 7.89. The van der Waals surface area contributed by atoms with E-state index in [1.807, 2.05) is 19.9 Å². The van der Waals surface area contributed by atoms with Crippen LogP contribution in [0.5, 0.6) is 5.75 Å². The molecule has 34 heavy (non-hydrogen) atoms. The van der Waals surface area contributed by atoms with Crippen LogP contribution in [0.1, 0.15) is 45.2 Å². The molecule has 2 aromatic rings. The van der Waals surface area contributed by atoms with Crippen molar-refractivity contribution in [3.05, 3.63) is 54.1 Å². The van der Waals surface area contributed by atoms with Crippen LogP contribution in [0.4, 0.5) is 10.5 Å². The Morgan fingerprint density at radius 2 is 1.79 bits per heavy atom. The fourth-order valence-electron chi connectivity index (χ4n) is 4.12. The molecule has 3 N–H and O–H groups in total. The topological polar surface area (TPSA) is 119 Å². The molecule has 0 spiro atoms. The molecule has 0 aliphatic carbocycles. The maximum absolute atomic E-state index is 13.0. The summed E-state index contributed by atoms with van der Waals surface area (Å²) in [5.41, 5.74) is 1.37. The van der Waals surface area contributed by atoms with Gasteiger partial charge in [0.1, 0.15) is 5.75 Å². The maximum Gasteiger partial charge on any atom is 0.318 e. The van der Waals surface area contributed by atoms with Gasteiger partial charge in [-0.15, -0.1) is 0 Å². The lowest BCUT2D eigenvalue weighted by molar-refractivity contribution is -0.114. The fraction of sp³-hybridized carbons (Fsp3) is 0.417. The molecule has 0 bridgehead atoms. The van der Waals surface area contributed by atoms with Crippen molar-refractivity contribution in [1.82, 2.24) is 14.5 Å². The van der Waals surface area contributed by atoms with Crippen molar-refractivity contribution in [3.8, 4) is 5.75 Å². The van der Waals surface area contributed by atoms with E-state index in [0.29, 0.717) is 38.2 Å². The standard InChI is InChI=1S/C24H32N4O5S/c1-4-28(17(2)19-6-5-7-22(30)16-19)24(31)26-21-12-14-27(15-13-21)34(32,33)23-10-8-20(9-11-23)25-18(3)29/h5-11,16-17,21,30H,4,12-15H2,1-3H3,(H,25,29)(H,26,31)/t17-/m0/s1. The first kappa shape index (κ1) is 25.5. The van der Waals surface area contributed by atoms with Crippen molar-refractivity contribution in [2.24, 2.45) is 0 Å². The van der Waals surface area contributed by atoms with Crippen molar-refractivity contribution in [3.63, 3.8) is 0 Å². The highest BCUT2D eigenvalue weighted by Crippen LogP contribution is 2.25. The highest BCUT2D eigenvalue weighted by Gasteiger charge is 2.31. The normalized spacial score (nSPS) is 16.0. The molecular formula is C24H32N4O5S. The van der Waals surface area contributed by atoms with E-state index in [1.54, 1.807) is 35.2 Å². The fourth-order valence-corrected chi connectivity index (χ4v) is 5.59. The number of nitrogens with one attached hydrogen (secondary N) is 2. The van der Waals surface area contributed by atoms with E-state index >= 15 is 0 Å². The summed E-state index contributed by atoms with van der Waals surface area (Å²) in [4.78, 5) is 26.0. The highest BCUT2D eigenvalue weighted by atomic mass is 32.2. The Hall–Kier alpha value is -3.11. The lowest BCUT2D eigenvalue weighted by Gasteiger charge is -2.34. The van der Waals surface area contributed by atoms with Gasteiger partial charge in [0.2, 0.25) is 15.9 Å². The zero-order valence-electron chi connectivity index (χ0n) is 19.7. The van der Waals surface area contributed by atoms with Gasteiger partial charge in [-0.25, -0.2) is 13.2 Å². The Labute approximate surface area is 200 Å². The molecule has 184 valence electrons. The number of phenolic OH excluding ortho intramolecular Hbond substituents is 1. The van der Waals surface area contributed by atoms with Crippen molar-refractivity contribution in [2.45, 2.75) is 50.6 Å². The summed E-state index contributed by atoms with van der Waals surface area (Å²) in [5, 5.41) is 15.4. The summed E-state index contributed by atoms with van der Waals surface area (Å²) in [5.74, 6) is -0.0724. The monoisotopic (exact) mass is 488 g/mol. The van der Waals surface area contributed by atoms with E-state index in [9.17, 15) is 23.1 Å². The van der Waals surface area contributed by atoms with E-state index in [-0.39, 0.29) is 34.7 Å². The van der Waals surface area contributed by atoms with Gasteiger partial charge in [0.05, 0.1) is 10.9 Å². The van der Waals surface area contributed by atoms with E-state index in [4.69, 9.17) is 0 Å². The van der Waals surface area contributed by atoms with Gasteiger partial charge < -0.3 is 20.6 Å². The van der Waals surface area contributed by atoms with Crippen LogP contribution in [0.15, 0.2) is 53.4 Å². The summed E-state index contributed by atoms with van der Waals surface area (Å²) in [6, 6.07) is 12.4. The Bertz CT molecular complexity index is 1110. The van der Waals surface area contributed by atoms with E-state index in [2.05, 4.69) is 10.6 Å². The number of carbonyl (C=O) groups excluding carboxylic acids is 2. The smallest absolute Gasteiger partial charge is 0.318 e. The molecule has 1 aliphatic rings. The second-order valence-corrected chi connectivity index (χ2v) is 10.3. The van der Waals surface area contributed by atoms with Gasteiger partial charge in [-0.05, 0) is 68.7 Å². The number of benzene rings is 2. The number of hydrogen-bond acceptors (Lipinski definition) is 5. The number of aromatic hydroxyl groups is 1. The van der Waals surface area contributed by atoms with Gasteiger partial charge in [0, 0.05) is 38.3 Å². The molecule has 0 unspecified atom stereocenters. The number of piperidine rings is 1. The second kappa shape index (κ2) is 10.9. The second-order valence-electron chi connectivity index (χ2n) is 8.39. The van der Waals surface area contributed by atoms with Crippen molar-refractivity contribution in [1.29, 1.82) is 0 Å². The predicted octanol–water partition coefficient (Wildman–Crippen LogP) is 3.30. The molecule has 2 aromatic carbocycles. The lowest BCUT2D eigenvalue weighted by Crippen LogP contribution is -2.50. The molecule has 0 saturated carbocycles. The van der Waals surface area contributed by atoms with Crippen LogP contribution < -0.4 is 10.6 Å². The molecule has 1 atom stereocenters. The molecule has 9 nitrogen and oxygen atoms in total. The zero-order chi connectivity index (χ0) is 24.9. The van der Waals surface area contributed by atoms with E-state index in [0.717, 1.165) is 5.56 Å². The van der Waals surface area contributed by atoms with Gasteiger partial charge >= 0.3 is 6.03 Å². The Morgan fingerprint density at radius 1 is 1.15 bits per heavy atom. The van der Waals surface area contributed by atoms with Gasteiger partial charge in [-0.1, -0.05) is 12.1 Å². The zero-order valence-corrected chi connectivity index (χ0v) is 20.5. The molecule has 0 radical (unpaired) electrons. The lowest BCUT2D eigenvalue weighted by atomic mass is 10.1. The number of amides is 3.